The Morgan fingerprint density at radius 1 is 1.03 bits per heavy atom. The largest absolute Gasteiger partial charge is 0.343 e. The normalized spacial score (nSPS) is 15.2. The molecule has 5 rings (SSSR count). The molecule has 0 atom stereocenters. The van der Waals surface area contributed by atoms with Crippen molar-refractivity contribution in [2.45, 2.75) is 39.2 Å². The highest BCUT2D eigenvalue weighted by atomic mass is 16.2. The molecule has 4 aromatic heterocycles. The minimum atomic E-state index is 0.233. The van der Waals surface area contributed by atoms with E-state index in [0.29, 0.717) is 12.5 Å². The minimum Gasteiger partial charge on any atom is -0.343 e. The Hall–Kier alpha value is -3.35. The summed E-state index contributed by atoms with van der Waals surface area (Å²) in [6.07, 6.45) is 7.98. The number of hydrogen-bond acceptors (Lipinski definition) is 5. The molecule has 0 unspecified atom stereocenters. The lowest BCUT2D eigenvalue weighted by atomic mass is 10.0. The highest BCUT2D eigenvalue weighted by Crippen LogP contribution is 2.31. The number of nitrogens with zero attached hydrogens (tertiary/aromatic N) is 6. The summed E-state index contributed by atoms with van der Waals surface area (Å²) in [7, 11) is 0. The quantitative estimate of drug-likeness (QED) is 0.521. The van der Waals surface area contributed by atoms with E-state index < -0.39 is 0 Å². The number of aromatic nitrogens is 5. The topological polar surface area (TPSA) is 76.8 Å². The van der Waals surface area contributed by atoms with Gasteiger partial charge in [0.05, 0.1) is 29.3 Å². The molecule has 0 aliphatic carbocycles. The van der Waals surface area contributed by atoms with Crippen LogP contribution in [0.2, 0.25) is 0 Å². The van der Waals surface area contributed by atoms with Crippen molar-refractivity contribution >= 4 is 28.0 Å². The summed E-state index contributed by atoms with van der Waals surface area (Å²) in [5, 5.41) is 0. The maximum Gasteiger partial charge on any atom is 0.222 e. The third kappa shape index (κ3) is 3.20. The van der Waals surface area contributed by atoms with Gasteiger partial charge >= 0.3 is 0 Å². The predicted molar refractivity (Wildman–Crippen MR) is 116 cm³/mol. The van der Waals surface area contributed by atoms with E-state index in [9.17, 15) is 4.79 Å². The maximum absolute atomic E-state index is 12.0. The predicted octanol–water partition coefficient (Wildman–Crippen LogP) is 3.92. The number of likely N-dealkylation sites (tertiary alicyclic amines) is 1. The van der Waals surface area contributed by atoms with Crippen LogP contribution in [-0.4, -0.2) is 48.4 Å². The van der Waals surface area contributed by atoms with Crippen molar-refractivity contribution in [2.75, 3.05) is 13.1 Å². The number of rotatable bonds is 3. The van der Waals surface area contributed by atoms with Gasteiger partial charge in [0.25, 0.3) is 0 Å². The van der Waals surface area contributed by atoms with Gasteiger partial charge in [-0.25, -0.2) is 9.97 Å². The van der Waals surface area contributed by atoms with Crippen molar-refractivity contribution < 1.29 is 4.79 Å². The number of hydrogen-bond donors (Lipinski definition) is 0. The summed E-state index contributed by atoms with van der Waals surface area (Å²) in [6, 6.07) is 8.34. The lowest BCUT2D eigenvalue weighted by molar-refractivity contribution is -0.132. The standard InChI is InChI=1S/C23H24N6O/c1-3-21(30)28-10-8-17(9-11-28)29-14-26-20-13-25-19-7-6-18(27-22(19)23(20)29)16-5-4-15(2)24-12-16/h4-7,12-14,17H,3,8-11H2,1-2H3. The van der Waals surface area contributed by atoms with Crippen LogP contribution in [0, 0.1) is 6.92 Å². The average Bonchev–Trinajstić information content (AvgIpc) is 3.23. The van der Waals surface area contributed by atoms with Gasteiger partial charge in [-0.15, -0.1) is 0 Å². The lowest BCUT2D eigenvalue weighted by Gasteiger charge is -2.32. The molecule has 0 spiro atoms. The van der Waals surface area contributed by atoms with Crippen LogP contribution in [0.15, 0.2) is 43.0 Å². The zero-order chi connectivity index (χ0) is 20.7. The Morgan fingerprint density at radius 2 is 1.87 bits per heavy atom. The molecular weight excluding hydrogens is 376 g/mol. The highest BCUT2D eigenvalue weighted by molar-refractivity contribution is 6.00. The molecule has 1 saturated heterocycles. The fourth-order valence-electron chi connectivity index (χ4n) is 4.25. The fraction of sp³-hybridized carbons (Fsp3) is 0.348. The van der Waals surface area contributed by atoms with E-state index in [-0.39, 0.29) is 5.91 Å². The van der Waals surface area contributed by atoms with Crippen LogP contribution in [0.25, 0.3) is 33.3 Å². The molecule has 7 heteroatoms. The molecule has 7 nitrogen and oxygen atoms in total. The van der Waals surface area contributed by atoms with Crippen molar-refractivity contribution in [3.8, 4) is 11.3 Å². The summed E-state index contributed by atoms with van der Waals surface area (Å²) < 4.78 is 2.23. The van der Waals surface area contributed by atoms with E-state index in [1.807, 2.05) is 61.7 Å². The number of fused-ring (bicyclic) bond motifs is 3. The summed E-state index contributed by atoms with van der Waals surface area (Å²) in [6.45, 7) is 5.47. The summed E-state index contributed by atoms with van der Waals surface area (Å²) in [4.78, 5) is 32.5. The number of aryl methyl sites for hydroxylation is 1. The van der Waals surface area contributed by atoms with Crippen LogP contribution in [-0.2, 0) is 4.79 Å². The molecule has 30 heavy (non-hydrogen) atoms. The van der Waals surface area contributed by atoms with E-state index in [2.05, 4.69) is 19.5 Å². The van der Waals surface area contributed by atoms with Crippen LogP contribution < -0.4 is 0 Å². The van der Waals surface area contributed by atoms with Crippen LogP contribution in [0.5, 0.6) is 0 Å². The smallest absolute Gasteiger partial charge is 0.222 e. The number of carbonyl (C=O) groups excluding carboxylic acids is 1. The Balaban J connectivity index is 1.56. The Bertz CT molecular complexity index is 1220. The number of amides is 1. The molecule has 0 N–H and O–H groups in total. The second-order valence-electron chi connectivity index (χ2n) is 7.86. The molecular formula is C23H24N6O. The Morgan fingerprint density at radius 3 is 2.60 bits per heavy atom. The van der Waals surface area contributed by atoms with E-state index in [4.69, 9.17) is 4.98 Å². The van der Waals surface area contributed by atoms with Crippen LogP contribution in [0.4, 0.5) is 0 Å². The number of carbonyl (C=O) groups is 1. The number of pyridine rings is 3. The van der Waals surface area contributed by atoms with Gasteiger partial charge in [0.2, 0.25) is 5.91 Å². The molecule has 4 aromatic rings. The van der Waals surface area contributed by atoms with Crippen molar-refractivity contribution in [3.63, 3.8) is 0 Å². The first-order valence-electron chi connectivity index (χ1n) is 10.5. The second kappa shape index (κ2) is 7.48. The van der Waals surface area contributed by atoms with Gasteiger partial charge < -0.3 is 9.47 Å². The minimum absolute atomic E-state index is 0.233. The molecule has 0 radical (unpaired) electrons. The van der Waals surface area contributed by atoms with E-state index in [1.165, 1.54) is 0 Å². The summed E-state index contributed by atoms with van der Waals surface area (Å²) in [5.74, 6) is 0.233. The first-order chi connectivity index (χ1) is 14.6. The van der Waals surface area contributed by atoms with Crippen molar-refractivity contribution in [1.82, 2.24) is 29.4 Å². The molecule has 0 saturated carbocycles. The van der Waals surface area contributed by atoms with Crippen molar-refractivity contribution in [2.24, 2.45) is 0 Å². The van der Waals surface area contributed by atoms with Crippen molar-refractivity contribution in [1.29, 1.82) is 0 Å². The average molecular weight is 400 g/mol. The molecule has 1 amide bonds. The molecule has 152 valence electrons. The first-order valence-corrected chi connectivity index (χ1v) is 10.5. The van der Waals surface area contributed by atoms with Crippen molar-refractivity contribution in [3.05, 3.63) is 48.7 Å². The van der Waals surface area contributed by atoms with Crippen LogP contribution >= 0.6 is 0 Å². The third-order valence-corrected chi connectivity index (χ3v) is 5.97. The van der Waals surface area contributed by atoms with Gasteiger partial charge in [-0.2, -0.15) is 0 Å². The zero-order valence-electron chi connectivity index (χ0n) is 17.2. The molecule has 1 aliphatic rings. The maximum atomic E-state index is 12.0. The summed E-state index contributed by atoms with van der Waals surface area (Å²) >= 11 is 0. The lowest BCUT2D eigenvalue weighted by Crippen LogP contribution is -2.38. The molecule has 0 bridgehead atoms. The fourth-order valence-corrected chi connectivity index (χ4v) is 4.25. The highest BCUT2D eigenvalue weighted by Gasteiger charge is 2.25. The molecule has 1 fully saturated rings. The third-order valence-electron chi connectivity index (χ3n) is 5.97. The second-order valence-corrected chi connectivity index (χ2v) is 7.86. The molecule has 5 heterocycles. The monoisotopic (exact) mass is 400 g/mol. The number of imidazole rings is 1. The van der Waals surface area contributed by atoms with E-state index in [1.54, 1.807) is 0 Å². The van der Waals surface area contributed by atoms with Gasteiger partial charge in [-0.3, -0.25) is 14.8 Å². The van der Waals surface area contributed by atoms with Gasteiger partial charge in [0, 0.05) is 43.0 Å². The Labute approximate surface area is 174 Å². The van der Waals surface area contributed by atoms with E-state index >= 15 is 0 Å². The molecule has 1 aliphatic heterocycles. The zero-order valence-corrected chi connectivity index (χ0v) is 17.2. The van der Waals surface area contributed by atoms with Gasteiger partial charge in [-0.05, 0) is 44.0 Å². The molecule has 0 aromatic carbocycles. The SMILES string of the molecule is CCC(=O)N1CCC(n2cnc3cnc4ccc(-c5ccc(C)nc5)nc4c32)CC1. The summed E-state index contributed by atoms with van der Waals surface area (Å²) in [5.41, 5.74) is 6.41. The van der Waals surface area contributed by atoms with Crippen LogP contribution in [0.3, 0.4) is 0 Å². The van der Waals surface area contributed by atoms with Gasteiger partial charge in [-0.1, -0.05) is 6.92 Å². The first kappa shape index (κ1) is 18.7. The number of piperidine rings is 1. The van der Waals surface area contributed by atoms with Gasteiger partial charge in [0.1, 0.15) is 11.0 Å². The van der Waals surface area contributed by atoms with Crippen LogP contribution in [0.1, 0.15) is 37.9 Å². The Kier molecular flexibility index (Phi) is 4.65. The van der Waals surface area contributed by atoms with Gasteiger partial charge in [0.15, 0.2) is 0 Å². The van der Waals surface area contributed by atoms with E-state index in [0.717, 1.165) is 64.9 Å².